The minimum Gasteiger partial charge on any atom is -0.466 e. The van der Waals surface area contributed by atoms with Crippen LogP contribution in [0.15, 0.2) is 12.2 Å². The van der Waals surface area contributed by atoms with Crippen molar-refractivity contribution >= 4 is 18.0 Å². The van der Waals surface area contributed by atoms with Crippen molar-refractivity contribution < 1.29 is 23.9 Å². The largest absolute Gasteiger partial charge is 0.466 e. The lowest BCUT2D eigenvalue weighted by atomic mass is 10.2. The molecule has 0 aliphatic carbocycles. The van der Waals surface area contributed by atoms with Gasteiger partial charge in [-0.3, -0.25) is 4.79 Å². The molecule has 0 saturated carbocycles. The Morgan fingerprint density at radius 2 is 1.48 bits per heavy atom. The highest BCUT2D eigenvalue weighted by molar-refractivity contribution is 5.94. The molecule has 0 bridgehead atoms. The Labute approximate surface area is 124 Å². The van der Waals surface area contributed by atoms with Gasteiger partial charge in [-0.2, -0.15) is 0 Å². The SMILES string of the molecule is COC(=O)C=CC(=O)N1CCN(C(=O)OC(C)(C)C)CC1. The minimum atomic E-state index is -0.573. The Kier molecular flexibility index (Phi) is 5.75. The van der Waals surface area contributed by atoms with E-state index in [4.69, 9.17) is 4.74 Å². The maximum Gasteiger partial charge on any atom is 0.410 e. The predicted molar refractivity (Wildman–Crippen MR) is 75.5 cm³/mol. The Hall–Kier alpha value is -2.05. The summed E-state index contributed by atoms with van der Waals surface area (Å²) in [7, 11) is 1.25. The standard InChI is InChI=1S/C14H22N2O5/c1-14(2,3)21-13(19)16-9-7-15(8-10-16)11(17)5-6-12(18)20-4/h5-6H,7-10H2,1-4H3. The molecule has 1 rings (SSSR count). The third-order valence-corrected chi connectivity index (χ3v) is 2.81. The molecular formula is C14H22N2O5. The lowest BCUT2D eigenvalue weighted by molar-refractivity contribution is -0.135. The van der Waals surface area contributed by atoms with E-state index in [0.29, 0.717) is 26.2 Å². The van der Waals surface area contributed by atoms with Crippen LogP contribution in [0.25, 0.3) is 0 Å². The van der Waals surface area contributed by atoms with Gasteiger partial charge in [-0.05, 0) is 20.8 Å². The second-order valence-corrected chi connectivity index (χ2v) is 5.65. The minimum absolute atomic E-state index is 0.274. The fraction of sp³-hybridized carbons (Fsp3) is 0.643. The molecule has 2 amide bonds. The van der Waals surface area contributed by atoms with Crippen LogP contribution < -0.4 is 0 Å². The van der Waals surface area contributed by atoms with Gasteiger partial charge in [0.2, 0.25) is 5.91 Å². The van der Waals surface area contributed by atoms with Crippen molar-refractivity contribution in [1.82, 2.24) is 9.80 Å². The average molecular weight is 298 g/mol. The molecule has 0 aromatic rings. The molecule has 0 aromatic heterocycles. The molecule has 1 aliphatic heterocycles. The fourth-order valence-electron chi connectivity index (χ4n) is 1.75. The molecule has 1 aliphatic rings. The van der Waals surface area contributed by atoms with E-state index in [9.17, 15) is 14.4 Å². The summed E-state index contributed by atoms with van der Waals surface area (Å²) in [4.78, 5) is 37.8. The monoisotopic (exact) mass is 298 g/mol. The number of esters is 1. The normalized spacial score (nSPS) is 16.0. The molecule has 0 unspecified atom stereocenters. The first-order valence-electron chi connectivity index (χ1n) is 6.76. The molecular weight excluding hydrogens is 276 g/mol. The van der Waals surface area contributed by atoms with Crippen molar-refractivity contribution in [3.05, 3.63) is 12.2 Å². The quantitative estimate of drug-likeness (QED) is 0.556. The summed E-state index contributed by atoms with van der Waals surface area (Å²) in [5, 5.41) is 0. The van der Waals surface area contributed by atoms with Gasteiger partial charge in [0.15, 0.2) is 0 Å². The van der Waals surface area contributed by atoms with Crippen LogP contribution in [0.2, 0.25) is 0 Å². The van der Waals surface area contributed by atoms with Gasteiger partial charge >= 0.3 is 12.1 Å². The number of amides is 2. The fourth-order valence-corrected chi connectivity index (χ4v) is 1.75. The number of piperazine rings is 1. The van der Waals surface area contributed by atoms with Gasteiger partial charge < -0.3 is 19.3 Å². The molecule has 118 valence electrons. The van der Waals surface area contributed by atoms with Crippen LogP contribution in [0, 0.1) is 0 Å². The van der Waals surface area contributed by atoms with E-state index >= 15 is 0 Å². The van der Waals surface area contributed by atoms with Crippen molar-refractivity contribution in [2.75, 3.05) is 33.3 Å². The number of hydrogen-bond donors (Lipinski definition) is 0. The Morgan fingerprint density at radius 1 is 0.952 bits per heavy atom. The highest BCUT2D eigenvalue weighted by Crippen LogP contribution is 2.12. The molecule has 1 saturated heterocycles. The van der Waals surface area contributed by atoms with Crippen LogP contribution in [0.5, 0.6) is 0 Å². The third-order valence-electron chi connectivity index (χ3n) is 2.81. The van der Waals surface area contributed by atoms with Gasteiger partial charge in [0, 0.05) is 38.3 Å². The van der Waals surface area contributed by atoms with Crippen molar-refractivity contribution in [1.29, 1.82) is 0 Å². The van der Waals surface area contributed by atoms with Crippen LogP contribution >= 0.6 is 0 Å². The second kappa shape index (κ2) is 7.10. The lowest BCUT2D eigenvalue weighted by Crippen LogP contribution is -2.51. The van der Waals surface area contributed by atoms with E-state index in [-0.39, 0.29) is 12.0 Å². The van der Waals surface area contributed by atoms with Crippen molar-refractivity contribution in [2.24, 2.45) is 0 Å². The molecule has 21 heavy (non-hydrogen) atoms. The van der Waals surface area contributed by atoms with Crippen molar-refractivity contribution in [2.45, 2.75) is 26.4 Å². The number of ether oxygens (including phenoxy) is 2. The van der Waals surface area contributed by atoms with E-state index in [1.807, 2.05) is 20.8 Å². The van der Waals surface area contributed by atoms with Crippen molar-refractivity contribution in [3.63, 3.8) is 0 Å². The maximum absolute atomic E-state index is 11.9. The predicted octanol–water partition coefficient (Wildman–Crippen LogP) is 0.795. The summed E-state index contributed by atoms with van der Waals surface area (Å²) in [5.74, 6) is -0.847. The zero-order valence-corrected chi connectivity index (χ0v) is 12.9. The smallest absolute Gasteiger partial charge is 0.410 e. The molecule has 0 radical (unpaired) electrons. The van der Waals surface area contributed by atoms with E-state index in [1.54, 1.807) is 9.80 Å². The van der Waals surface area contributed by atoms with E-state index in [1.165, 1.54) is 13.2 Å². The molecule has 7 nitrogen and oxygen atoms in total. The first-order valence-corrected chi connectivity index (χ1v) is 6.76. The molecule has 1 heterocycles. The van der Waals surface area contributed by atoms with Gasteiger partial charge in [-0.1, -0.05) is 0 Å². The van der Waals surface area contributed by atoms with Crippen molar-refractivity contribution in [3.8, 4) is 0 Å². The van der Waals surface area contributed by atoms with E-state index in [0.717, 1.165) is 6.08 Å². The topological polar surface area (TPSA) is 76.2 Å². The number of hydrogen-bond acceptors (Lipinski definition) is 5. The zero-order valence-electron chi connectivity index (χ0n) is 12.9. The number of carbonyl (C=O) groups excluding carboxylic acids is 3. The van der Waals surface area contributed by atoms with Gasteiger partial charge in [-0.15, -0.1) is 0 Å². The van der Waals surface area contributed by atoms with Crippen LogP contribution in [-0.4, -0.2) is 66.7 Å². The Morgan fingerprint density at radius 3 is 1.95 bits per heavy atom. The second-order valence-electron chi connectivity index (χ2n) is 5.65. The number of methoxy groups -OCH3 is 1. The van der Waals surface area contributed by atoms with Gasteiger partial charge in [0.25, 0.3) is 0 Å². The van der Waals surface area contributed by atoms with Crippen LogP contribution in [0.3, 0.4) is 0 Å². The number of nitrogens with zero attached hydrogens (tertiary/aromatic N) is 2. The zero-order chi connectivity index (χ0) is 16.0. The molecule has 7 heteroatoms. The number of rotatable bonds is 2. The highest BCUT2D eigenvalue weighted by Gasteiger charge is 2.26. The summed E-state index contributed by atoms with van der Waals surface area (Å²) < 4.78 is 9.69. The molecule has 0 N–H and O–H groups in total. The molecule has 1 fully saturated rings. The highest BCUT2D eigenvalue weighted by atomic mass is 16.6. The van der Waals surface area contributed by atoms with E-state index < -0.39 is 11.6 Å². The third kappa shape index (κ3) is 5.85. The summed E-state index contributed by atoms with van der Waals surface area (Å²) in [5.41, 5.74) is -0.534. The molecule has 0 atom stereocenters. The van der Waals surface area contributed by atoms with Crippen LogP contribution in [0.4, 0.5) is 4.79 Å². The first kappa shape index (κ1) is 17.0. The van der Waals surface area contributed by atoms with Crippen LogP contribution in [-0.2, 0) is 19.1 Å². The average Bonchev–Trinajstić information content (AvgIpc) is 2.42. The molecule has 0 spiro atoms. The lowest BCUT2D eigenvalue weighted by Gasteiger charge is -2.35. The molecule has 0 aromatic carbocycles. The maximum atomic E-state index is 11.9. The summed E-state index contributed by atoms with van der Waals surface area (Å²) >= 11 is 0. The van der Waals surface area contributed by atoms with Gasteiger partial charge in [-0.25, -0.2) is 9.59 Å². The summed E-state index contributed by atoms with van der Waals surface area (Å²) in [6, 6.07) is 0. The summed E-state index contributed by atoms with van der Waals surface area (Å²) in [6.07, 6.45) is 1.89. The van der Waals surface area contributed by atoms with E-state index in [2.05, 4.69) is 4.74 Å². The van der Waals surface area contributed by atoms with Gasteiger partial charge in [0.1, 0.15) is 5.60 Å². The Bertz CT molecular complexity index is 431. The number of carbonyl (C=O) groups is 3. The Balaban J connectivity index is 2.45. The van der Waals surface area contributed by atoms with Gasteiger partial charge in [0.05, 0.1) is 7.11 Å². The van der Waals surface area contributed by atoms with Crippen LogP contribution in [0.1, 0.15) is 20.8 Å². The first-order chi connectivity index (χ1) is 9.73. The summed E-state index contributed by atoms with van der Waals surface area (Å²) in [6.45, 7) is 7.06.